The van der Waals surface area contributed by atoms with Gasteiger partial charge in [0.05, 0.1) is 5.60 Å². The van der Waals surface area contributed by atoms with E-state index in [1.54, 1.807) is 25.1 Å². The van der Waals surface area contributed by atoms with Gasteiger partial charge in [-0.3, -0.25) is 0 Å². The van der Waals surface area contributed by atoms with E-state index in [0.29, 0.717) is 5.56 Å². The molecular weight excluding hydrogens is 271 g/mol. The molecule has 1 aromatic rings. The van der Waals surface area contributed by atoms with Crippen LogP contribution in [0.5, 0.6) is 0 Å². The highest BCUT2D eigenvalue weighted by Gasteiger charge is 2.41. The van der Waals surface area contributed by atoms with Gasteiger partial charge in [-0.15, -0.1) is 0 Å². The van der Waals surface area contributed by atoms with Crippen LogP contribution in [0.25, 0.3) is 0 Å². The molecule has 1 saturated carbocycles. The Labute approximate surface area is 124 Å². The highest BCUT2D eigenvalue weighted by atomic mass is 19.1. The SMILES string of the molecule is CC(C)C(C)(O)CNC(=O)NC1CC1c1ccccc1F. The molecule has 4 nitrogen and oxygen atoms in total. The average molecular weight is 294 g/mol. The van der Waals surface area contributed by atoms with Gasteiger partial charge in [-0.25, -0.2) is 9.18 Å². The lowest BCUT2D eigenvalue weighted by Gasteiger charge is -2.27. The molecule has 0 aromatic heterocycles. The second kappa shape index (κ2) is 6.02. The van der Waals surface area contributed by atoms with Crippen molar-refractivity contribution in [2.24, 2.45) is 5.92 Å². The largest absolute Gasteiger partial charge is 0.388 e. The Morgan fingerprint density at radius 2 is 2.14 bits per heavy atom. The highest BCUT2D eigenvalue weighted by Crippen LogP contribution is 2.41. The van der Waals surface area contributed by atoms with Gasteiger partial charge in [0.1, 0.15) is 5.82 Å². The normalized spacial score (nSPS) is 23.5. The lowest BCUT2D eigenvalue weighted by Crippen LogP contribution is -2.48. The number of nitrogens with one attached hydrogen (secondary N) is 2. The molecule has 5 heteroatoms. The summed E-state index contributed by atoms with van der Waals surface area (Å²) in [6.07, 6.45) is 0.745. The maximum atomic E-state index is 13.6. The van der Waals surface area contributed by atoms with Crippen molar-refractivity contribution in [2.45, 2.75) is 44.8 Å². The van der Waals surface area contributed by atoms with E-state index in [-0.39, 0.29) is 36.3 Å². The van der Waals surface area contributed by atoms with E-state index >= 15 is 0 Å². The van der Waals surface area contributed by atoms with E-state index < -0.39 is 5.60 Å². The van der Waals surface area contributed by atoms with Gasteiger partial charge in [0, 0.05) is 18.5 Å². The number of amides is 2. The molecule has 0 aliphatic heterocycles. The van der Waals surface area contributed by atoms with Gasteiger partial charge in [0.15, 0.2) is 0 Å². The molecule has 1 aromatic carbocycles. The summed E-state index contributed by atoms with van der Waals surface area (Å²) in [4.78, 5) is 11.8. The average Bonchev–Trinajstić information content (AvgIpc) is 3.16. The summed E-state index contributed by atoms with van der Waals surface area (Å²) >= 11 is 0. The van der Waals surface area contributed by atoms with Crippen LogP contribution in [0.15, 0.2) is 24.3 Å². The second-order valence-electron chi connectivity index (χ2n) is 6.31. The maximum Gasteiger partial charge on any atom is 0.315 e. The van der Waals surface area contributed by atoms with Gasteiger partial charge in [-0.05, 0) is 30.9 Å². The quantitative estimate of drug-likeness (QED) is 0.781. The molecule has 2 amide bonds. The third-order valence-corrected chi connectivity index (χ3v) is 4.26. The summed E-state index contributed by atoms with van der Waals surface area (Å²) in [5.41, 5.74) is -0.289. The molecule has 0 heterocycles. The Kier molecular flexibility index (Phi) is 4.52. The molecule has 1 fully saturated rings. The molecule has 0 bridgehead atoms. The third kappa shape index (κ3) is 3.94. The molecule has 3 N–H and O–H groups in total. The predicted molar refractivity (Wildman–Crippen MR) is 79.5 cm³/mol. The summed E-state index contributed by atoms with van der Waals surface area (Å²) in [5.74, 6) is -0.137. The Hall–Kier alpha value is -1.62. The Morgan fingerprint density at radius 1 is 1.48 bits per heavy atom. The smallest absolute Gasteiger partial charge is 0.315 e. The fourth-order valence-corrected chi connectivity index (χ4v) is 2.16. The molecular formula is C16H23FN2O2. The number of urea groups is 1. The fourth-order valence-electron chi connectivity index (χ4n) is 2.16. The van der Waals surface area contributed by atoms with E-state index in [9.17, 15) is 14.3 Å². The van der Waals surface area contributed by atoms with E-state index in [4.69, 9.17) is 0 Å². The predicted octanol–water partition coefficient (Wildman–Crippen LogP) is 2.39. The molecule has 3 atom stereocenters. The molecule has 1 aliphatic carbocycles. The van der Waals surface area contributed by atoms with Gasteiger partial charge in [-0.2, -0.15) is 0 Å². The van der Waals surface area contributed by atoms with Crippen LogP contribution in [-0.4, -0.2) is 29.3 Å². The summed E-state index contributed by atoms with van der Waals surface area (Å²) in [5, 5.41) is 15.5. The van der Waals surface area contributed by atoms with Gasteiger partial charge in [0.25, 0.3) is 0 Å². The standard InChI is InChI=1S/C16H23FN2O2/c1-10(2)16(3,21)9-18-15(20)19-14-8-12(14)11-6-4-5-7-13(11)17/h4-7,10,12,14,21H,8-9H2,1-3H3,(H2,18,19,20). The number of carbonyl (C=O) groups excluding carboxylic acids is 1. The highest BCUT2D eigenvalue weighted by molar-refractivity contribution is 5.75. The summed E-state index contributed by atoms with van der Waals surface area (Å²) in [7, 11) is 0. The molecule has 21 heavy (non-hydrogen) atoms. The number of hydrogen-bond acceptors (Lipinski definition) is 2. The Balaban J connectivity index is 1.80. The monoisotopic (exact) mass is 294 g/mol. The van der Waals surface area contributed by atoms with E-state index in [1.165, 1.54) is 6.07 Å². The minimum absolute atomic E-state index is 0.0362. The molecule has 0 saturated heterocycles. The van der Waals surface area contributed by atoms with Crippen molar-refractivity contribution < 1.29 is 14.3 Å². The topological polar surface area (TPSA) is 61.4 Å². The van der Waals surface area contributed by atoms with Crippen molar-refractivity contribution in [3.05, 3.63) is 35.6 Å². The minimum atomic E-state index is -0.939. The number of benzene rings is 1. The third-order valence-electron chi connectivity index (χ3n) is 4.26. The zero-order valence-electron chi connectivity index (χ0n) is 12.7. The lowest BCUT2D eigenvalue weighted by atomic mass is 9.93. The van der Waals surface area contributed by atoms with Gasteiger partial charge in [0.2, 0.25) is 0 Å². The van der Waals surface area contributed by atoms with Crippen molar-refractivity contribution >= 4 is 6.03 Å². The van der Waals surface area contributed by atoms with Crippen molar-refractivity contribution in [3.8, 4) is 0 Å². The number of rotatable bonds is 5. The Bertz CT molecular complexity index is 517. The summed E-state index contributed by atoms with van der Waals surface area (Å²) in [6.45, 7) is 5.67. The number of halogens is 1. The van der Waals surface area contributed by atoms with Gasteiger partial charge >= 0.3 is 6.03 Å². The van der Waals surface area contributed by atoms with Crippen molar-refractivity contribution in [2.75, 3.05) is 6.54 Å². The van der Waals surface area contributed by atoms with E-state index in [0.717, 1.165) is 6.42 Å². The van der Waals surface area contributed by atoms with Gasteiger partial charge < -0.3 is 15.7 Å². The molecule has 0 radical (unpaired) electrons. The van der Waals surface area contributed by atoms with E-state index in [2.05, 4.69) is 10.6 Å². The molecule has 2 rings (SSSR count). The van der Waals surface area contributed by atoms with Crippen LogP contribution in [-0.2, 0) is 0 Å². The number of aliphatic hydroxyl groups is 1. The number of carbonyl (C=O) groups is 1. The van der Waals surface area contributed by atoms with Crippen molar-refractivity contribution in [3.63, 3.8) is 0 Å². The molecule has 3 unspecified atom stereocenters. The first-order valence-electron chi connectivity index (χ1n) is 7.32. The summed E-state index contributed by atoms with van der Waals surface area (Å²) in [6, 6.07) is 6.29. The van der Waals surface area contributed by atoms with E-state index in [1.807, 2.05) is 13.8 Å². The zero-order valence-corrected chi connectivity index (χ0v) is 12.7. The summed E-state index contributed by atoms with van der Waals surface area (Å²) < 4.78 is 13.6. The Morgan fingerprint density at radius 3 is 2.76 bits per heavy atom. The van der Waals surface area contributed by atoms with Crippen LogP contribution in [0.4, 0.5) is 9.18 Å². The van der Waals surface area contributed by atoms with Crippen LogP contribution >= 0.6 is 0 Å². The van der Waals surface area contributed by atoms with Crippen molar-refractivity contribution in [1.29, 1.82) is 0 Å². The molecule has 116 valence electrons. The van der Waals surface area contributed by atoms with Gasteiger partial charge in [-0.1, -0.05) is 32.0 Å². The first-order valence-corrected chi connectivity index (χ1v) is 7.32. The van der Waals surface area contributed by atoms with Crippen LogP contribution in [0.2, 0.25) is 0 Å². The molecule has 0 spiro atoms. The van der Waals surface area contributed by atoms with Crippen molar-refractivity contribution in [1.82, 2.24) is 10.6 Å². The fraction of sp³-hybridized carbons (Fsp3) is 0.562. The number of hydrogen-bond donors (Lipinski definition) is 3. The molecule has 1 aliphatic rings. The van der Waals surface area contributed by atoms with Crippen LogP contribution < -0.4 is 10.6 Å². The lowest BCUT2D eigenvalue weighted by molar-refractivity contribution is 0.0166. The second-order valence-corrected chi connectivity index (χ2v) is 6.31. The van der Waals surface area contributed by atoms with Crippen LogP contribution in [0, 0.1) is 11.7 Å². The maximum absolute atomic E-state index is 13.6. The van der Waals surface area contributed by atoms with Crippen LogP contribution in [0.1, 0.15) is 38.7 Å². The first kappa shape index (κ1) is 15.8. The minimum Gasteiger partial charge on any atom is -0.388 e. The first-order chi connectivity index (χ1) is 9.81. The zero-order chi connectivity index (χ0) is 15.6. The van der Waals surface area contributed by atoms with Crippen LogP contribution in [0.3, 0.4) is 0 Å².